The van der Waals surface area contributed by atoms with E-state index in [0.29, 0.717) is 65.2 Å². The number of amides is 1. The molecule has 0 radical (unpaired) electrons. The minimum atomic E-state index is -0.345. The van der Waals surface area contributed by atoms with Gasteiger partial charge in [-0.1, -0.05) is 12.1 Å². The summed E-state index contributed by atoms with van der Waals surface area (Å²) in [4.78, 5) is 44.8. The smallest absolute Gasteiger partial charge is 0.276 e. The van der Waals surface area contributed by atoms with Crippen molar-refractivity contribution < 1.29 is 4.79 Å². The number of H-pyrrole nitrogens is 2. The van der Waals surface area contributed by atoms with Crippen molar-refractivity contribution in [3.8, 4) is 17.5 Å². The Morgan fingerprint density at radius 1 is 1.00 bits per heavy atom. The molecule has 0 spiro atoms. The molecule has 4 heterocycles. The molecule has 0 unspecified atom stereocenters. The van der Waals surface area contributed by atoms with Crippen LogP contribution in [-0.4, -0.2) is 56.9 Å². The Bertz CT molecular complexity index is 1760. The minimum Gasteiger partial charge on any atom is -0.396 e. The number of rotatable bonds is 3. The normalized spacial score (nSPS) is 13.7. The fourth-order valence-electron chi connectivity index (χ4n) is 4.70. The maximum absolute atomic E-state index is 13.3. The first-order valence-corrected chi connectivity index (χ1v) is 11.8. The molecular weight excluding hydrogens is 468 g/mol. The van der Waals surface area contributed by atoms with Crippen LogP contribution >= 0.6 is 0 Å². The van der Waals surface area contributed by atoms with Crippen LogP contribution in [0, 0.1) is 11.3 Å². The SMILES string of the molecule is N#Cc1ccc(N2CCN(C(=O)c3ccc4c(N)c(-c5nc6ccccc6[nH]c5=O)[nH]c4c3)CC2)nc1. The zero-order valence-electron chi connectivity index (χ0n) is 19.7. The predicted molar refractivity (Wildman–Crippen MR) is 141 cm³/mol. The fourth-order valence-corrected chi connectivity index (χ4v) is 4.70. The molecule has 1 fully saturated rings. The van der Waals surface area contributed by atoms with E-state index in [9.17, 15) is 9.59 Å². The fraction of sp³-hybridized carbons (Fsp3) is 0.148. The molecule has 5 aromatic rings. The molecule has 1 amide bonds. The highest BCUT2D eigenvalue weighted by Gasteiger charge is 2.24. The number of benzene rings is 2. The van der Waals surface area contributed by atoms with E-state index in [2.05, 4.69) is 30.9 Å². The van der Waals surface area contributed by atoms with Crippen molar-refractivity contribution in [2.24, 2.45) is 0 Å². The predicted octanol–water partition coefficient (Wildman–Crippen LogP) is 2.88. The van der Waals surface area contributed by atoms with E-state index in [1.165, 1.54) is 0 Å². The minimum absolute atomic E-state index is 0.0780. The van der Waals surface area contributed by atoms with Crippen LogP contribution in [0.3, 0.4) is 0 Å². The molecule has 37 heavy (non-hydrogen) atoms. The largest absolute Gasteiger partial charge is 0.396 e. The summed E-state index contributed by atoms with van der Waals surface area (Å²) in [5, 5.41) is 9.68. The molecule has 0 aliphatic carbocycles. The van der Waals surface area contributed by atoms with E-state index in [-0.39, 0.29) is 17.2 Å². The Balaban J connectivity index is 1.24. The second-order valence-corrected chi connectivity index (χ2v) is 8.90. The van der Waals surface area contributed by atoms with E-state index >= 15 is 0 Å². The van der Waals surface area contributed by atoms with E-state index in [1.807, 2.05) is 29.2 Å². The van der Waals surface area contributed by atoms with Crippen LogP contribution in [-0.2, 0) is 0 Å². The Hall–Kier alpha value is -5.17. The standard InChI is InChI=1S/C27H22N8O2/c28-14-16-5-8-22(30-15-16)34-9-11-35(12-10-34)27(37)17-6-7-18-21(13-17)32-24(23(18)29)25-26(36)33-20-4-2-1-3-19(20)31-25/h1-8,13,15,32H,9-12,29H2,(H,33,36). The van der Waals surface area contributed by atoms with Gasteiger partial charge in [0.25, 0.3) is 11.5 Å². The van der Waals surface area contributed by atoms with Crippen molar-refractivity contribution in [1.29, 1.82) is 5.26 Å². The van der Waals surface area contributed by atoms with Crippen LogP contribution in [0.2, 0.25) is 0 Å². The lowest BCUT2D eigenvalue weighted by Gasteiger charge is -2.35. The number of nitrogen functional groups attached to an aromatic ring is 1. The van der Waals surface area contributed by atoms with Gasteiger partial charge in [-0.15, -0.1) is 0 Å². The van der Waals surface area contributed by atoms with Crippen molar-refractivity contribution in [1.82, 2.24) is 24.8 Å². The molecule has 3 aromatic heterocycles. The number of para-hydroxylation sites is 2. The number of anilines is 2. The average molecular weight is 491 g/mol. The molecule has 4 N–H and O–H groups in total. The first-order valence-electron chi connectivity index (χ1n) is 11.8. The van der Waals surface area contributed by atoms with Crippen molar-refractivity contribution in [3.63, 3.8) is 0 Å². The zero-order chi connectivity index (χ0) is 25.5. The van der Waals surface area contributed by atoms with Gasteiger partial charge in [-0.25, -0.2) is 9.97 Å². The van der Waals surface area contributed by atoms with Gasteiger partial charge in [-0.2, -0.15) is 5.26 Å². The van der Waals surface area contributed by atoms with Crippen molar-refractivity contribution >= 4 is 39.3 Å². The summed E-state index contributed by atoms with van der Waals surface area (Å²) in [6, 6.07) is 18.3. The van der Waals surface area contributed by atoms with Crippen molar-refractivity contribution in [2.75, 3.05) is 36.8 Å². The number of nitrogens with one attached hydrogen (secondary N) is 2. The first-order chi connectivity index (χ1) is 18.0. The van der Waals surface area contributed by atoms with Gasteiger partial charge in [0.15, 0.2) is 5.69 Å². The summed E-state index contributed by atoms with van der Waals surface area (Å²) in [7, 11) is 0. The third-order valence-electron chi connectivity index (χ3n) is 6.69. The van der Waals surface area contributed by atoms with Gasteiger partial charge in [0.05, 0.1) is 28.0 Å². The number of carbonyl (C=O) groups excluding carboxylic acids is 1. The number of nitriles is 1. The lowest BCUT2D eigenvalue weighted by Crippen LogP contribution is -2.49. The number of nitrogens with zero attached hydrogens (tertiary/aromatic N) is 5. The van der Waals surface area contributed by atoms with Crippen molar-refractivity contribution in [2.45, 2.75) is 0 Å². The quantitative estimate of drug-likeness (QED) is 0.352. The van der Waals surface area contributed by atoms with E-state index in [1.54, 1.807) is 36.5 Å². The maximum atomic E-state index is 13.3. The molecule has 1 aliphatic heterocycles. The molecule has 182 valence electrons. The summed E-state index contributed by atoms with van der Waals surface area (Å²) >= 11 is 0. The van der Waals surface area contributed by atoms with Gasteiger partial charge < -0.3 is 25.5 Å². The number of aromatic nitrogens is 4. The maximum Gasteiger partial charge on any atom is 0.276 e. The average Bonchev–Trinajstić information content (AvgIpc) is 3.27. The topological polar surface area (TPSA) is 148 Å². The lowest BCUT2D eigenvalue weighted by molar-refractivity contribution is 0.0746. The number of pyridine rings is 1. The molecule has 10 nitrogen and oxygen atoms in total. The van der Waals surface area contributed by atoms with E-state index in [0.717, 1.165) is 11.2 Å². The monoisotopic (exact) mass is 490 g/mol. The van der Waals surface area contributed by atoms with E-state index < -0.39 is 0 Å². The van der Waals surface area contributed by atoms with Crippen LogP contribution < -0.4 is 16.2 Å². The van der Waals surface area contributed by atoms with Crippen molar-refractivity contribution in [3.05, 3.63) is 82.3 Å². The van der Waals surface area contributed by atoms with Gasteiger partial charge in [0, 0.05) is 48.8 Å². The van der Waals surface area contributed by atoms with E-state index in [4.69, 9.17) is 11.0 Å². The second kappa shape index (κ2) is 8.80. The molecule has 10 heteroatoms. The highest BCUT2D eigenvalue weighted by Crippen LogP contribution is 2.31. The first kappa shape index (κ1) is 22.3. The number of hydrogen-bond acceptors (Lipinski definition) is 7. The summed E-state index contributed by atoms with van der Waals surface area (Å²) < 4.78 is 0. The summed E-state index contributed by atoms with van der Waals surface area (Å²) in [5.41, 5.74) is 10.1. The van der Waals surface area contributed by atoms with Gasteiger partial charge in [0.2, 0.25) is 0 Å². The number of piperazine rings is 1. The third-order valence-corrected chi connectivity index (χ3v) is 6.69. The molecule has 1 aliphatic rings. The Morgan fingerprint density at radius 3 is 2.57 bits per heavy atom. The number of carbonyl (C=O) groups is 1. The van der Waals surface area contributed by atoms with Gasteiger partial charge in [0.1, 0.15) is 11.9 Å². The Labute approximate surface area is 211 Å². The Morgan fingerprint density at radius 2 is 1.81 bits per heavy atom. The lowest BCUT2D eigenvalue weighted by atomic mass is 10.1. The molecular formula is C27H22N8O2. The molecule has 6 rings (SSSR count). The summed E-state index contributed by atoms with van der Waals surface area (Å²) in [5.74, 6) is 0.713. The van der Waals surface area contributed by atoms with Crippen LogP contribution in [0.25, 0.3) is 33.3 Å². The van der Waals surface area contributed by atoms with Gasteiger partial charge in [-0.3, -0.25) is 9.59 Å². The van der Waals surface area contributed by atoms with Crippen LogP contribution in [0.4, 0.5) is 11.5 Å². The number of nitrogens with two attached hydrogens (primary N) is 1. The number of hydrogen-bond donors (Lipinski definition) is 3. The molecule has 2 aromatic carbocycles. The van der Waals surface area contributed by atoms with Gasteiger partial charge in [-0.05, 0) is 42.5 Å². The number of fused-ring (bicyclic) bond motifs is 2. The van der Waals surface area contributed by atoms with Crippen LogP contribution in [0.15, 0.2) is 65.6 Å². The molecule has 0 bridgehead atoms. The highest BCUT2D eigenvalue weighted by molar-refractivity contribution is 6.04. The zero-order valence-corrected chi connectivity index (χ0v) is 19.7. The molecule has 0 saturated carbocycles. The molecule has 1 saturated heterocycles. The summed E-state index contributed by atoms with van der Waals surface area (Å²) in [6.07, 6.45) is 1.56. The number of aromatic amines is 2. The Kier molecular flexibility index (Phi) is 5.31. The second-order valence-electron chi connectivity index (χ2n) is 8.90. The van der Waals surface area contributed by atoms with Crippen LogP contribution in [0.5, 0.6) is 0 Å². The van der Waals surface area contributed by atoms with Crippen LogP contribution in [0.1, 0.15) is 15.9 Å². The van der Waals surface area contributed by atoms with Gasteiger partial charge >= 0.3 is 0 Å². The third kappa shape index (κ3) is 3.92. The summed E-state index contributed by atoms with van der Waals surface area (Å²) in [6.45, 7) is 2.38. The highest BCUT2D eigenvalue weighted by atomic mass is 16.2. The molecule has 0 atom stereocenters.